The van der Waals surface area contributed by atoms with Crippen molar-refractivity contribution in [2.45, 2.75) is 18.1 Å². The van der Waals surface area contributed by atoms with Gasteiger partial charge in [-0.25, -0.2) is 8.42 Å². The van der Waals surface area contributed by atoms with Crippen molar-refractivity contribution in [2.75, 3.05) is 5.75 Å². The summed E-state index contributed by atoms with van der Waals surface area (Å²) in [5.74, 6) is 0.227. The highest BCUT2D eigenvalue weighted by atomic mass is 32.2. The number of rotatable bonds is 1. The van der Waals surface area contributed by atoms with E-state index in [0.717, 1.165) is 0 Å². The molecule has 1 aliphatic rings. The van der Waals surface area contributed by atoms with Crippen LogP contribution in [0.15, 0.2) is 18.5 Å². The largest absolute Gasteiger partial charge is 0.263 e. The third-order valence-corrected chi connectivity index (χ3v) is 4.87. The number of pyridine rings is 1. The first-order chi connectivity index (χ1) is 7.15. The highest BCUT2D eigenvalue weighted by molar-refractivity contribution is 7.91. The number of nitriles is 1. The molecule has 0 aliphatic carbocycles. The van der Waals surface area contributed by atoms with Crippen LogP contribution in [0.5, 0.6) is 0 Å². The molecular formula is C10H10N2O2S. The number of hydrogen-bond donors (Lipinski definition) is 0. The fourth-order valence-corrected chi connectivity index (χ4v) is 3.89. The van der Waals surface area contributed by atoms with Crippen molar-refractivity contribution < 1.29 is 8.42 Å². The van der Waals surface area contributed by atoms with Gasteiger partial charge in [-0.1, -0.05) is 0 Å². The minimum Gasteiger partial charge on any atom is -0.263 e. The van der Waals surface area contributed by atoms with Gasteiger partial charge in [0.15, 0.2) is 9.84 Å². The van der Waals surface area contributed by atoms with Crippen LogP contribution in [-0.2, 0) is 9.84 Å². The summed E-state index contributed by atoms with van der Waals surface area (Å²) < 4.78 is 23.4. The van der Waals surface area contributed by atoms with E-state index < -0.39 is 15.1 Å². The minimum atomic E-state index is -3.05. The van der Waals surface area contributed by atoms with E-state index in [1.54, 1.807) is 6.07 Å². The molecule has 2 heterocycles. The van der Waals surface area contributed by atoms with E-state index in [4.69, 9.17) is 5.26 Å². The Morgan fingerprint density at radius 1 is 1.53 bits per heavy atom. The fraction of sp³-hybridized carbons (Fsp3) is 0.400. The quantitative estimate of drug-likeness (QED) is 0.715. The molecule has 15 heavy (non-hydrogen) atoms. The molecule has 1 saturated heterocycles. The summed E-state index contributed by atoms with van der Waals surface area (Å²) in [5, 5.41) is 8.36. The fourth-order valence-electron chi connectivity index (χ4n) is 1.92. The van der Waals surface area contributed by atoms with Crippen molar-refractivity contribution in [1.29, 1.82) is 5.26 Å². The van der Waals surface area contributed by atoms with E-state index in [-0.39, 0.29) is 5.75 Å². The Balaban J connectivity index is 2.51. The first-order valence-corrected chi connectivity index (χ1v) is 6.42. The molecule has 1 fully saturated rings. The van der Waals surface area contributed by atoms with Gasteiger partial charge in [-0.15, -0.1) is 0 Å². The van der Waals surface area contributed by atoms with Crippen molar-refractivity contribution in [2.24, 2.45) is 0 Å². The molecule has 0 radical (unpaired) electrons. The number of aromatic nitrogens is 1. The SMILES string of the molecule is N#Cc1cnccc1C1CCCS1(=O)=O. The van der Waals surface area contributed by atoms with E-state index in [9.17, 15) is 8.42 Å². The molecule has 0 saturated carbocycles. The molecule has 1 unspecified atom stereocenters. The Hall–Kier alpha value is -1.41. The normalized spacial score (nSPS) is 23.5. The second-order valence-corrected chi connectivity index (χ2v) is 5.88. The van der Waals surface area contributed by atoms with Crippen LogP contribution in [0.25, 0.3) is 0 Å². The highest BCUT2D eigenvalue weighted by Gasteiger charge is 2.33. The second-order valence-electron chi connectivity index (χ2n) is 3.57. The molecule has 1 aromatic rings. The van der Waals surface area contributed by atoms with Crippen LogP contribution in [0.2, 0.25) is 0 Å². The van der Waals surface area contributed by atoms with Crippen molar-refractivity contribution in [1.82, 2.24) is 4.98 Å². The van der Waals surface area contributed by atoms with Gasteiger partial charge in [0.05, 0.1) is 16.6 Å². The van der Waals surface area contributed by atoms with Crippen molar-refractivity contribution in [3.63, 3.8) is 0 Å². The van der Waals surface area contributed by atoms with Crippen LogP contribution in [0.3, 0.4) is 0 Å². The second kappa shape index (κ2) is 3.63. The Kier molecular flexibility index (Phi) is 2.45. The summed E-state index contributed by atoms with van der Waals surface area (Å²) in [6.45, 7) is 0. The van der Waals surface area contributed by atoms with Gasteiger partial charge < -0.3 is 0 Å². The van der Waals surface area contributed by atoms with Gasteiger partial charge in [-0.2, -0.15) is 5.26 Å². The van der Waals surface area contributed by atoms with Crippen LogP contribution < -0.4 is 0 Å². The van der Waals surface area contributed by atoms with E-state index in [1.807, 2.05) is 6.07 Å². The predicted octanol–water partition coefficient (Wildman–Crippen LogP) is 1.20. The summed E-state index contributed by atoms with van der Waals surface area (Å²) in [5.41, 5.74) is 0.970. The summed E-state index contributed by atoms with van der Waals surface area (Å²) >= 11 is 0. The molecule has 0 spiro atoms. The molecule has 4 nitrogen and oxygen atoms in total. The van der Waals surface area contributed by atoms with Gasteiger partial charge in [-0.05, 0) is 24.5 Å². The number of nitrogens with zero attached hydrogens (tertiary/aromatic N) is 2. The Bertz CT molecular complexity index is 516. The van der Waals surface area contributed by atoms with Gasteiger partial charge in [-0.3, -0.25) is 4.98 Å². The maximum atomic E-state index is 11.7. The van der Waals surface area contributed by atoms with Crippen LogP contribution >= 0.6 is 0 Å². The Morgan fingerprint density at radius 3 is 2.93 bits per heavy atom. The average molecular weight is 222 g/mol. The van der Waals surface area contributed by atoms with Crippen LogP contribution in [0.1, 0.15) is 29.2 Å². The monoisotopic (exact) mass is 222 g/mol. The first kappa shape index (κ1) is 10.1. The lowest BCUT2D eigenvalue weighted by atomic mass is 10.1. The van der Waals surface area contributed by atoms with E-state index in [2.05, 4.69) is 4.98 Å². The molecule has 0 amide bonds. The van der Waals surface area contributed by atoms with Crippen molar-refractivity contribution >= 4 is 9.84 Å². The predicted molar refractivity (Wildman–Crippen MR) is 54.7 cm³/mol. The standard InChI is InChI=1S/C10H10N2O2S/c11-6-8-7-12-4-3-9(8)10-2-1-5-15(10,13)14/h3-4,7,10H,1-2,5H2. The number of hydrogen-bond acceptors (Lipinski definition) is 4. The van der Waals surface area contributed by atoms with E-state index in [0.29, 0.717) is 24.0 Å². The summed E-state index contributed by atoms with van der Waals surface area (Å²) in [6.07, 6.45) is 4.24. The van der Waals surface area contributed by atoms with Crippen LogP contribution in [0.4, 0.5) is 0 Å². The smallest absolute Gasteiger partial charge is 0.157 e. The highest BCUT2D eigenvalue weighted by Crippen LogP contribution is 2.35. The van der Waals surface area contributed by atoms with Crippen LogP contribution in [-0.4, -0.2) is 19.2 Å². The van der Waals surface area contributed by atoms with E-state index in [1.165, 1.54) is 12.4 Å². The summed E-state index contributed by atoms with van der Waals surface area (Å²) in [4.78, 5) is 3.82. The van der Waals surface area contributed by atoms with Gasteiger partial charge in [0.25, 0.3) is 0 Å². The molecule has 2 rings (SSSR count). The summed E-state index contributed by atoms with van der Waals surface area (Å²) in [6, 6.07) is 3.61. The molecule has 0 N–H and O–H groups in total. The maximum Gasteiger partial charge on any atom is 0.157 e. The first-order valence-electron chi connectivity index (χ1n) is 4.71. The molecule has 1 aliphatic heterocycles. The number of sulfone groups is 1. The Morgan fingerprint density at radius 2 is 2.33 bits per heavy atom. The zero-order valence-corrected chi connectivity index (χ0v) is 8.87. The molecule has 1 atom stereocenters. The average Bonchev–Trinajstić information content (AvgIpc) is 2.58. The third kappa shape index (κ3) is 1.73. The molecule has 0 bridgehead atoms. The van der Waals surface area contributed by atoms with Gasteiger partial charge in [0.2, 0.25) is 0 Å². The lowest BCUT2D eigenvalue weighted by Crippen LogP contribution is -2.09. The molecule has 78 valence electrons. The van der Waals surface area contributed by atoms with Crippen LogP contribution in [0, 0.1) is 11.3 Å². The van der Waals surface area contributed by atoms with Crippen molar-refractivity contribution in [3.05, 3.63) is 29.6 Å². The molecule has 5 heteroatoms. The zero-order valence-electron chi connectivity index (χ0n) is 8.05. The topological polar surface area (TPSA) is 70.8 Å². The lowest BCUT2D eigenvalue weighted by Gasteiger charge is -2.10. The minimum absolute atomic E-state index is 0.227. The molecule has 0 aromatic carbocycles. The third-order valence-electron chi connectivity index (χ3n) is 2.65. The van der Waals surface area contributed by atoms with Crippen molar-refractivity contribution in [3.8, 4) is 6.07 Å². The maximum absolute atomic E-state index is 11.7. The van der Waals surface area contributed by atoms with Gasteiger partial charge in [0.1, 0.15) is 6.07 Å². The lowest BCUT2D eigenvalue weighted by molar-refractivity contribution is 0.592. The molecular weight excluding hydrogens is 212 g/mol. The molecule has 1 aromatic heterocycles. The van der Waals surface area contributed by atoms with Gasteiger partial charge >= 0.3 is 0 Å². The Labute approximate surface area is 88.5 Å². The van der Waals surface area contributed by atoms with E-state index >= 15 is 0 Å². The zero-order chi connectivity index (χ0) is 10.9. The summed E-state index contributed by atoms with van der Waals surface area (Å²) in [7, 11) is -3.05. The van der Waals surface area contributed by atoms with Gasteiger partial charge in [0, 0.05) is 12.4 Å².